The van der Waals surface area contributed by atoms with E-state index in [1.807, 2.05) is 6.92 Å². The molecule has 17 heavy (non-hydrogen) atoms. The summed E-state index contributed by atoms with van der Waals surface area (Å²) in [6, 6.07) is 0. The molecule has 0 fully saturated rings. The summed E-state index contributed by atoms with van der Waals surface area (Å²) in [7, 11) is 0. The second-order valence-electron chi connectivity index (χ2n) is 4.95. The highest BCUT2D eigenvalue weighted by molar-refractivity contribution is 4.57. The van der Waals surface area contributed by atoms with E-state index >= 15 is 0 Å². The van der Waals surface area contributed by atoms with Crippen molar-refractivity contribution in [3.63, 3.8) is 0 Å². The van der Waals surface area contributed by atoms with E-state index in [9.17, 15) is 0 Å². The molecule has 0 saturated carbocycles. The Hall–Kier alpha value is -0.120. The molecule has 104 valence electrons. The van der Waals surface area contributed by atoms with Gasteiger partial charge in [-0.2, -0.15) is 0 Å². The number of unbranched alkanes of at least 4 members (excludes halogenated alkanes) is 1. The van der Waals surface area contributed by atoms with Crippen molar-refractivity contribution in [2.24, 2.45) is 5.92 Å². The molecule has 0 aliphatic rings. The quantitative estimate of drug-likeness (QED) is 0.609. The van der Waals surface area contributed by atoms with Gasteiger partial charge in [0.15, 0.2) is 0 Å². The topological polar surface area (TPSA) is 38.7 Å². The number of aliphatic hydroxyl groups is 1. The van der Waals surface area contributed by atoms with Crippen LogP contribution >= 0.6 is 0 Å². The highest BCUT2D eigenvalue weighted by Crippen LogP contribution is 2.13. The monoisotopic (exact) mass is 246 g/mol. The van der Waals surface area contributed by atoms with Crippen LogP contribution in [0.2, 0.25) is 0 Å². The van der Waals surface area contributed by atoms with Crippen LogP contribution in [0, 0.1) is 5.92 Å². The average Bonchev–Trinajstić information content (AvgIpc) is 2.30. The largest absolute Gasteiger partial charge is 0.391 e. The summed E-state index contributed by atoms with van der Waals surface area (Å²) in [5.41, 5.74) is 0. The van der Waals surface area contributed by atoms with E-state index < -0.39 is 6.10 Å². The Labute approximate surface area is 107 Å². The third-order valence-electron chi connectivity index (χ3n) is 2.87. The Morgan fingerprint density at radius 3 is 2.29 bits per heavy atom. The van der Waals surface area contributed by atoms with Crippen molar-refractivity contribution in [2.45, 2.75) is 65.6 Å². The maximum Gasteiger partial charge on any atom is 0.0781 e. The Bertz CT molecular complexity index is 160. The standard InChI is InChI=1S/C14H30O3/c1-5-7-8-14(6-2)11-16-10-13(4)17-9-12(3)15/h12-15H,5-11H2,1-4H3. The van der Waals surface area contributed by atoms with Gasteiger partial charge in [-0.25, -0.2) is 0 Å². The fourth-order valence-electron chi connectivity index (χ4n) is 1.65. The lowest BCUT2D eigenvalue weighted by molar-refractivity contribution is -0.0425. The smallest absolute Gasteiger partial charge is 0.0781 e. The fraction of sp³-hybridized carbons (Fsp3) is 1.00. The molecule has 0 aromatic carbocycles. The summed E-state index contributed by atoms with van der Waals surface area (Å²) in [5.74, 6) is 0.680. The normalized spacial score (nSPS) is 16.8. The van der Waals surface area contributed by atoms with Gasteiger partial charge in [0.1, 0.15) is 0 Å². The van der Waals surface area contributed by atoms with Crippen LogP contribution in [-0.4, -0.2) is 37.1 Å². The zero-order valence-electron chi connectivity index (χ0n) is 11.9. The van der Waals surface area contributed by atoms with Gasteiger partial charge in [-0.05, 0) is 26.2 Å². The molecule has 1 N–H and O–H groups in total. The summed E-state index contributed by atoms with van der Waals surface area (Å²) in [4.78, 5) is 0. The fourth-order valence-corrected chi connectivity index (χ4v) is 1.65. The Morgan fingerprint density at radius 1 is 1.06 bits per heavy atom. The van der Waals surface area contributed by atoms with Crippen LogP contribution in [0.1, 0.15) is 53.4 Å². The van der Waals surface area contributed by atoms with Crippen LogP contribution < -0.4 is 0 Å². The first-order valence-electron chi connectivity index (χ1n) is 6.97. The van der Waals surface area contributed by atoms with Crippen molar-refractivity contribution < 1.29 is 14.6 Å². The SMILES string of the molecule is CCCCC(CC)COCC(C)OCC(C)O. The first-order valence-corrected chi connectivity index (χ1v) is 6.97. The highest BCUT2D eigenvalue weighted by Gasteiger charge is 2.08. The third kappa shape index (κ3) is 10.7. The molecule has 3 unspecified atom stereocenters. The lowest BCUT2D eigenvalue weighted by atomic mass is 10.0. The minimum atomic E-state index is -0.398. The molecule has 0 aromatic rings. The van der Waals surface area contributed by atoms with Gasteiger partial charge in [-0.1, -0.05) is 33.1 Å². The molecule has 0 rings (SSSR count). The molecule has 0 aliphatic carbocycles. The molecule has 3 heteroatoms. The predicted octanol–water partition coefficient (Wildman–Crippen LogP) is 3.01. The number of aliphatic hydroxyl groups excluding tert-OH is 1. The van der Waals surface area contributed by atoms with E-state index in [2.05, 4.69) is 13.8 Å². The molecular formula is C14H30O3. The number of hydrogen-bond acceptors (Lipinski definition) is 3. The molecule has 0 radical (unpaired) electrons. The van der Waals surface area contributed by atoms with Crippen molar-refractivity contribution in [3.05, 3.63) is 0 Å². The second-order valence-corrected chi connectivity index (χ2v) is 4.95. The minimum Gasteiger partial charge on any atom is -0.391 e. The maximum absolute atomic E-state index is 9.08. The lowest BCUT2D eigenvalue weighted by Crippen LogP contribution is -2.23. The highest BCUT2D eigenvalue weighted by atomic mass is 16.5. The minimum absolute atomic E-state index is 0.0632. The molecule has 0 spiro atoms. The zero-order chi connectivity index (χ0) is 13.1. The Balaban J connectivity index is 3.51. The molecule has 0 aliphatic heterocycles. The zero-order valence-corrected chi connectivity index (χ0v) is 11.9. The van der Waals surface area contributed by atoms with E-state index in [1.165, 1.54) is 25.7 Å². The van der Waals surface area contributed by atoms with Gasteiger partial charge in [0.25, 0.3) is 0 Å². The van der Waals surface area contributed by atoms with Crippen molar-refractivity contribution in [3.8, 4) is 0 Å². The van der Waals surface area contributed by atoms with Gasteiger partial charge < -0.3 is 14.6 Å². The summed E-state index contributed by atoms with van der Waals surface area (Å²) in [6.07, 6.45) is 4.65. The van der Waals surface area contributed by atoms with E-state index in [4.69, 9.17) is 14.6 Å². The Morgan fingerprint density at radius 2 is 1.76 bits per heavy atom. The van der Waals surface area contributed by atoms with E-state index in [-0.39, 0.29) is 6.10 Å². The molecule has 0 saturated heterocycles. The van der Waals surface area contributed by atoms with Gasteiger partial charge in [-0.3, -0.25) is 0 Å². The van der Waals surface area contributed by atoms with Crippen LogP contribution in [-0.2, 0) is 9.47 Å². The molecule has 0 heterocycles. The van der Waals surface area contributed by atoms with Crippen molar-refractivity contribution in [1.82, 2.24) is 0 Å². The first-order chi connectivity index (χ1) is 8.10. The Kier molecular flexibility index (Phi) is 10.9. The molecule has 3 atom stereocenters. The lowest BCUT2D eigenvalue weighted by Gasteiger charge is -2.18. The van der Waals surface area contributed by atoms with Crippen LogP contribution in [0.25, 0.3) is 0 Å². The number of hydrogen-bond donors (Lipinski definition) is 1. The molecular weight excluding hydrogens is 216 g/mol. The van der Waals surface area contributed by atoms with Gasteiger partial charge in [0, 0.05) is 6.61 Å². The number of rotatable bonds is 11. The molecule has 0 amide bonds. The predicted molar refractivity (Wildman–Crippen MR) is 71.2 cm³/mol. The molecule has 0 bridgehead atoms. The van der Waals surface area contributed by atoms with Gasteiger partial charge in [0.2, 0.25) is 0 Å². The maximum atomic E-state index is 9.08. The summed E-state index contributed by atoms with van der Waals surface area (Å²) in [6.45, 7) is 9.99. The summed E-state index contributed by atoms with van der Waals surface area (Å²) >= 11 is 0. The average molecular weight is 246 g/mol. The number of ether oxygens (including phenoxy) is 2. The molecule has 3 nitrogen and oxygen atoms in total. The van der Waals surface area contributed by atoms with Crippen LogP contribution in [0.4, 0.5) is 0 Å². The van der Waals surface area contributed by atoms with E-state index in [1.54, 1.807) is 6.92 Å². The summed E-state index contributed by atoms with van der Waals surface area (Å²) in [5, 5.41) is 9.08. The van der Waals surface area contributed by atoms with Crippen LogP contribution in [0.15, 0.2) is 0 Å². The van der Waals surface area contributed by atoms with Crippen molar-refractivity contribution >= 4 is 0 Å². The third-order valence-corrected chi connectivity index (χ3v) is 2.87. The van der Waals surface area contributed by atoms with Gasteiger partial charge in [0.05, 0.1) is 25.4 Å². The van der Waals surface area contributed by atoms with Gasteiger partial charge >= 0.3 is 0 Å². The second kappa shape index (κ2) is 11.0. The van der Waals surface area contributed by atoms with Crippen molar-refractivity contribution in [1.29, 1.82) is 0 Å². The van der Waals surface area contributed by atoms with Crippen molar-refractivity contribution in [2.75, 3.05) is 19.8 Å². The molecule has 0 aromatic heterocycles. The van der Waals surface area contributed by atoms with E-state index in [0.29, 0.717) is 19.1 Å². The van der Waals surface area contributed by atoms with Crippen LogP contribution in [0.3, 0.4) is 0 Å². The van der Waals surface area contributed by atoms with Crippen LogP contribution in [0.5, 0.6) is 0 Å². The summed E-state index contributed by atoms with van der Waals surface area (Å²) < 4.78 is 11.1. The van der Waals surface area contributed by atoms with Gasteiger partial charge in [-0.15, -0.1) is 0 Å². The first kappa shape index (κ1) is 16.9. The van der Waals surface area contributed by atoms with E-state index in [0.717, 1.165) is 6.61 Å².